The Kier molecular flexibility index (Phi) is 5.92. The van der Waals surface area contributed by atoms with Crippen LogP contribution in [0, 0.1) is 0 Å². The molecule has 5 nitrogen and oxygen atoms in total. The fourth-order valence-corrected chi connectivity index (χ4v) is 5.47. The Balaban J connectivity index is 2.42. The number of carboxylic acid groups (broad SMARTS) is 1. The summed E-state index contributed by atoms with van der Waals surface area (Å²) in [6.07, 6.45) is 3.61. The first kappa shape index (κ1) is 18.4. The van der Waals surface area contributed by atoms with Gasteiger partial charge in [-0.3, -0.25) is 14.3 Å². The van der Waals surface area contributed by atoms with Crippen LogP contribution in [0.1, 0.15) is 43.0 Å². The molecule has 0 bridgehead atoms. The van der Waals surface area contributed by atoms with Crippen LogP contribution in [0.5, 0.6) is 0 Å². The molecular weight excluding hydrogens is 325 g/mol. The number of aromatic nitrogens is 1. The van der Waals surface area contributed by atoms with E-state index >= 15 is 0 Å². The summed E-state index contributed by atoms with van der Waals surface area (Å²) >= 11 is 0. The van der Waals surface area contributed by atoms with E-state index in [1.54, 1.807) is 61.8 Å². The van der Waals surface area contributed by atoms with Crippen LogP contribution in [0.15, 0.2) is 54.9 Å². The molecule has 0 amide bonds. The largest absolute Gasteiger partial charge is 0.481 e. The number of hydrogen-bond acceptors (Lipinski definition) is 3. The number of aliphatic carboxylic acids is 1. The number of carbonyl (C=O) groups is 1. The fourth-order valence-electron chi connectivity index (χ4n) is 3.07. The van der Waals surface area contributed by atoms with Crippen molar-refractivity contribution >= 4 is 13.3 Å². The molecule has 0 fully saturated rings. The highest BCUT2D eigenvalue weighted by atomic mass is 31.2. The van der Waals surface area contributed by atoms with Crippen molar-refractivity contribution in [3.8, 4) is 0 Å². The highest BCUT2D eigenvalue weighted by molar-refractivity contribution is 7.59. The van der Waals surface area contributed by atoms with Crippen molar-refractivity contribution < 1.29 is 19.4 Å². The molecule has 1 aromatic carbocycles. The number of carboxylic acids is 1. The third-order valence-electron chi connectivity index (χ3n) is 4.39. The van der Waals surface area contributed by atoms with Crippen molar-refractivity contribution in [3.05, 3.63) is 66.0 Å². The molecule has 4 atom stereocenters. The van der Waals surface area contributed by atoms with Gasteiger partial charge in [0.2, 0.25) is 7.37 Å². The van der Waals surface area contributed by atoms with Gasteiger partial charge in [0.05, 0.1) is 17.2 Å². The van der Waals surface area contributed by atoms with Crippen LogP contribution in [-0.4, -0.2) is 26.6 Å². The third kappa shape index (κ3) is 3.74. The summed E-state index contributed by atoms with van der Waals surface area (Å²) in [5.74, 6) is -2.13. The maximum absolute atomic E-state index is 13.2. The Morgan fingerprint density at radius 1 is 1.17 bits per heavy atom. The second-order valence-corrected chi connectivity index (χ2v) is 8.63. The van der Waals surface area contributed by atoms with Crippen molar-refractivity contribution in [2.75, 3.05) is 0 Å². The van der Waals surface area contributed by atoms with E-state index in [2.05, 4.69) is 4.98 Å². The molecule has 1 heterocycles. The second kappa shape index (κ2) is 7.73. The van der Waals surface area contributed by atoms with E-state index in [9.17, 15) is 19.4 Å². The number of rotatable bonds is 7. The monoisotopic (exact) mass is 347 g/mol. The number of benzene rings is 1. The molecule has 0 spiro atoms. The molecule has 6 heteroatoms. The lowest BCUT2D eigenvalue weighted by Crippen LogP contribution is -2.25. The minimum atomic E-state index is -3.81. The molecule has 24 heavy (non-hydrogen) atoms. The Labute approximate surface area is 141 Å². The first-order chi connectivity index (χ1) is 11.4. The highest BCUT2D eigenvalue weighted by Crippen LogP contribution is 2.63. The van der Waals surface area contributed by atoms with Crippen LogP contribution in [0.25, 0.3) is 0 Å². The minimum Gasteiger partial charge on any atom is -0.481 e. The Morgan fingerprint density at radius 2 is 1.79 bits per heavy atom. The fraction of sp³-hybridized carbons (Fsp3) is 0.333. The molecule has 2 rings (SSSR count). The average Bonchev–Trinajstić information content (AvgIpc) is 2.57. The molecule has 2 N–H and O–H groups in total. The van der Waals surface area contributed by atoms with Gasteiger partial charge in [0.15, 0.2) is 0 Å². The summed E-state index contributed by atoms with van der Waals surface area (Å²) in [6.45, 7) is 3.37. The van der Waals surface area contributed by atoms with Crippen LogP contribution in [0.4, 0.5) is 0 Å². The van der Waals surface area contributed by atoms with Gasteiger partial charge in [-0.25, -0.2) is 0 Å². The zero-order valence-corrected chi connectivity index (χ0v) is 14.6. The SMILES string of the molecule is CCC(c1cccnc1)P(=O)(O)C(C)C(C(=O)O)c1ccccc1. The smallest absolute Gasteiger partial charge is 0.311 e. The number of hydrogen-bond donors (Lipinski definition) is 2. The van der Waals surface area contributed by atoms with Gasteiger partial charge in [0.1, 0.15) is 0 Å². The number of nitrogens with zero attached hydrogens (tertiary/aromatic N) is 1. The maximum atomic E-state index is 13.2. The lowest BCUT2D eigenvalue weighted by atomic mass is 9.96. The van der Waals surface area contributed by atoms with Gasteiger partial charge in [-0.15, -0.1) is 0 Å². The van der Waals surface area contributed by atoms with Crippen LogP contribution in [-0.2, 0) is 9.36 Å². The lowest BCUT2D eigenvalue weighted by Gasteiger charge is -2.31. The molecule has 128 valence electrons. The summed E-state index contributed by atoms with van der Waals surface area (Å²) in [5.41, 5.74) is -0.350. The van der Waals surface area contributed by atoms with E-state index in [-0.39, 0.29) is 0 Å². The van der Waals surface area contributed by atoms with Crippen molar-refractivity contribution in [1.82, 2.24) is 4.98 Å². The first-order valence-corrected chi connectivity index (χ1v) is 9.69. The molecule has 2 aromatic rings. The summed E-state index contributed by atoms with van der Waals surface area (Å²) in [7, 11) is -3.81. The van der Waals surface area contributed by atoms with Gasteiger partial charge in [0, 0.05) is 12.4 Å². The summed E-state index contributed by atoms with van der Waals surface area (Å²) in [4.78, 5) is 26.6. The molecule has 4 unspecified atom stereocenters. The van der Waals surface area contributed by atoms with Gasteiger partial charge >= 0.3 is 5.97 Å². The molecule has 0 aliphatic carbocycles. The predicted octanol–water partition coefficient (Wildman–Crippen LogP) is 4.06. The van der Waals surface area contributed by atoms with Crippen molar-refractivity contribution in [3.63, 3.8) is 0 Å². The van der Waals surface area contributed by atoms with Crippen molar-refractivity contribution in [2.45, 2.75) is 37.5 Å². The Morgan fingerprint density at radius 3 is 2.29 bits per heavy atom. The third-order valence-corrected chi connectivity index (χ3v) is 7.41. The quantitative estimate of drug-likeness (QED) is 0.738. The molecule has 0 aliphatic rings. The molecular formula is C18H22NO4P. The zero-order valence-electron chi connectivity index (χ0n) is 13.7. The van der Waals surface area contributed by atoms with Crippen LogP contribution in [0.3, 0.4) is 0 Å². The summed E-state index contributed by atoms with van der Waals surface area (Å²) in [6, 6.07) is 12.1. The van der Waals surface area contributed by atoms with Crippen molar-refractivity contribution in [2.24, 2.45) is 0 Å². The Hall–Kier alpha value is -1.97. The van der Waals surface area contributed by atoms with Gasteiger partial charge in [-0.05, 0) is 23.6 Å². The number of pyridine rings is 1. The first-order valence-electron chi connectivity index (χ1n) is 7.89. The highest BCUT2D eigenvalue weighted by Gasteiger charge is 2.43. The standard InChI is InChI=1S/C18H22NO4P/c1-3-16(15-10-7-11-19-12-15)24(22,23)13(2)17(18(20)21)14-8-5-4-6-9-14/h4-13,16-17H,3H2,1-2H3,(H,20,21)(H,22,23). The zero-order chi connectivity index (χ0) is 17.7. The lowest BCUT2D eigenvalue weighted by molar-refractivity contribution is -0.138. The van der Waals surface area contributed by atoms with Gasteiger partial charge in [-0.1, -0.05) is 50.2 Å². The molecule has 0 aliphatic heterocycles. The van der Waals surface area contributed by atoms with E-state index in [4.69, 9.17) is 0 Å². The van der Waals surface area contributed by atoms with Crippen LogP contribution >= 0.6 is 7.37 Å². The van der Waals surface area contributed by atoms with E-state index in [1.165, 1.54) is 0 Å². The molecule has 0 radical (unpaired) electrons. The predicted molar refractivity (Wildman–Crippen MR) is 93.4 cm³/mol. The topological polar surface area (TPSA) is 87.5 Å². The molecule has 0 saturated heterocycles. The van der Waals surface area contributed by atoms with Gasteiger partial charge in [0.25, 0.3) is 0 Å². The second-order valence-electron chi connectivity index (χ2n) is 5.85. The van der Waals surface area contributed by atoms with E-state index in [1.807, 2.05) is 6.92 Å². The maximum Gasteiger partial charge on any atom is 0.311 e. The molecule has 0 saturated carbocycles. The summed E-state index contributed by atoms with van der Waals surface area (Å²) in [5, 5.41) is 9.64. The van der Waals surface area contributed by atoms with Crippen LogP contribution < -0.4 is 0 Å². The van der Waals surface area contributed by atoms with Gasteiger partial charge in [-0.2, -0.15) is 0 Å². The van der Waals surface area contributed by atoms with E-state index < -0.39 is 30.6 Å². The summed E-state index contributed by atoms with van der Waals surface area (Å²) < 4.78 is 13.2. The van der Waals surface area contributed by atoms with Crippen LogP contribution in [0.2, 0.25) is 0 Å². The molecule has 1 aromatic heterocycles. The van der Waals surface area contributed by atoms with E-state index in [0.29, 0.717) is 17.5 Å². The van der Waals surface area contributed by atoms with E-state index in [0.717, 1.165) is 0 Å². The Bertz CT molecular complexity index is 720. The minimum absolute atomic E-state index is 0.435. The normalized spacial score (nSPS) is 17.5. The average molecular weight is 347 g/mol. The van der Waals surface area contributed by atoms with Gasteiger partial charge < -0.3 is 10.00 Å². The van der Waals surface area contributed by atoms with Crippen molar-refractivity contribution in [1.29, 1.82) is 0 Å².